The van der Waals surface area contributed by atoms with Gasteiger partial charge < -0.3 is 0 Å². The molecule has 0 amide bonds. The van der Waals surface area contributed by atoms with Crippen LogP contribution in [0.5, 0.6) is 0 Å². The summed E-state index contributed by atoms with van der Waals surface area (Å²) in [6.45, 7) is 2.22. The van der Waals surface area contributed by atoms with Gasteiger partial charge in [-0.3, -0.25) is 0 Å². The normalized spacial score (nSPS) is 9.00. The molecule has 40 valence electrons. The van der Waals surface area contributed by atoms with Gasteiger partial charge in [0, 0.05) is 0 Å². The number of hydrogen-bond acceptors (Lipinski definition) is 0. The summed E-state index contributed by atoms with van der Waals surface area (Å²) in [6.07, 6.45) is 0. The van der Waals surface area contributed by atoms with E-state index in [2.05, 4.69) is 37.0 Å². The van der Waals surface area contributed by atoms with E-state index < -0.39 is 0 Å². The average molecular weight is 169 g/mol. The second kappa shape index (κ2) is 2.96. The Morgan fingerprint density at radius 3 is 2.12 bits per heavy atom. The molecule has 0 heterocycles. The van der Waals surface area contributed by atoms with Crippen molar-refractivity contribution in [2.75, 3.05) is 0 Å². The molecule has 0 bridgehead atoms. The van der Waals surface area contributed by atoms with E-state index in [9.17, 15) is 0 Å². The summed E-state index contributed by atoms with van der Waals surface area (Å²) in [5.74, 6) is 0. The minimum atomic E-state index is 0.668. The van der Waals surface area contributed by atoms with Crippen LogP contribution in [0.2, 0.25) is 0 Å². The van der Waals surface area contributed by atoms with Crippen molar-refractivity contribution in [1.82, 2.24) is 0 Å². The summed E-state index contributed by atoms with van der Waals surface area (Å²) in [5.41, 5.74) is 0. The number of rotatable bonds is 1. The van der Waals surface area contributed by atoms with E-state index in [1.54, 1.807) is 0 Å². The SMILES string of the molecule is B[Se]c1ccccc1. The second-order valence-corrected chi connectivity index (χ2v) is 3.36. The maximum absolute atomic E-state index is 2.22. The first kappa shape index (κ1) is 5.93. The van der Waals surface area contributed by atoms with Crippen molar-refractivity contribution < 1.29 is 0 Å². The molecule has 0 aliphatic carbocycles. The zero-order chi connectivity index (χ0) is 5.82. The maximum atomic E-state index is 2.22. The van der Waals surface area contributed by atoms with Gasteiger partial charge in [-0.2, -0.15) is 0 Å². The molecular formula is C6H7BSe. The van der Waals surface area contributed by atoms with E-state index in [4.69, 9.17) is 0 Å². The first-order chi connectivity index (χ1) is 3.93. The Balaban J connectivity index is 2.83. The van der Waals surface area contributed by atoms with Crippen LogP contribution >= 0.6 is 0 Å². The third-order valence-electron chi connectivity index (χ3n) is 0.979. The third-order valence-corrected chi connectivity index (χ3v) is 2.54. The van der Waals surface area contributed by atoms with Gasteiger partial charge in [0.25, 0.3) is 0 Å². The van der Waals surface area contributed by atoms with Crippen LogP contribution in [0.3, 0.4) is 0 Å². The Morgan fingerprint density at radius 1 is 1.12 bits per heavy atom. The fourth-order valence-corrected chi connectivity index (χ4v) is 1.46. The zero-order valence-corrected chi connectivity index (χ0v) is 6.51. The molecule has 2 heteroatoms. The molecule has 0 spiro atoms. The molecule has 1 aromatic rings. The Kier molecular flexibility index (Phi) is 2.19. The molecule has 0 aliphatic heterocycles. The topological polar surface area (TPSA) is 0 Å². The molecular weight excluding hydrogens is 162 g/mol. The van der Waals surface area contributed by atoms with Crippen molar-refractivity contribution in [3.05, 3.63) is 30.3 Å². The van der Waals surface area contributed by atoms with E-state index in [1.807, 2.05) is 0 Å². The molecule has 0 saturated heterocycles. The molecule has 0 atom stereocenters. The van der Waals surface area contributed by atoms with Crippen molar-refractivity contribution in [2.45, 2.75) is 0 Å². The number of benzene rings is 1. The molecule has 0 saturated carbocycles. The van der Waals surface area contributed by atoms with Crippen LogP contribution in [0.25, 0.3) is 0 Å². The van der Waals surface area contributed by atoms with Crippen LogP contribution in [0.4, 0.5) is 0 Å². The van der Waals surface area contributed by atoms with Crippen LogP contribution in [-0.4, -0.2) is 21.4 Å². The summed E-state index contributed by atoms with van der Waals surface area (Å²) >= 11 is 0.668. The van der Waals surface area contributed by atoms with E-state index in [-0.39, 0.29) is 0 Å². The van der Waals surface area contributed by atoms with E-state index in [0.717, 1.165) is 0 Å². The Hall–Kier alpha value is -0.196. The quantitative estimate of drug-likeness (QED) is 0.500. The standard InChI is InChI=1S/C6H7BSe/c7-8-6-4-2-1-3-5-6/h1-5H,7H2. The summed E-state index contributed by atoms with van der Waals surface area (Å²) in [4.78, 5) is 0. The summed E-state index contributed by atoms with van der Waals surface area (Å²) in [5, 5.41) is 0. The minimum absolute atomic E-state index is 0.668. The fourth-order valence-electron chi connectivity index (χ4n) is 0.557. The second-order valence-electron chi connectivity index (χ2n) is 1.52. The monoisotopic (exact) mass is 170 g/mol. The predicted molar refractivity (Wildman–Crippen MR) is 40.4 cm³/mol. The Morgan fingerprint density at radius 2 is 1.75 bits per heavy atom. The predicted octanol–water partition coefficient (Wildman–Crippen LogP) is -0.436. The van der Waals surface area contributed by atoms with Crippen LogP contribution < -0.4 is 4.46 Å². The van der Waals surface area contributed by atoms with Crippen molar-refractivity contribution in [2.24, 2.45) is 0 Å². The van der Waals surface area contributed by atoms with E-state index >= 15 is 0 Å². The molecule has 0 nitrogen and oxygen atoms in total. The van der Waals surface area contributed by atoms with Crippen molar-refractivity contribution in [1.29, 1.82) is 0 Å². The Labute approximate surface area is 56.7 Å². The van der Waals surface area contributed by atoms with Crippen LogP contribution in [0, 0.1) is 0 Å². The van der Waals surface area contributed by atoms with E-state index in [1.165, 1.54) is 4.46 Å². The molecule has 0 radical (unpaired) electrons. The summed E-state index contributed by atoms with van der Waals surface area (Å²) in [6, 6.07) is 10.6. The van der Waals surface area contributed by atoms with Crippen molar-refractivity contribution in [3.8, 4) is 0 Å². The first-order valence-corrected chi connectivity index (χ1v) is 5.09. The fraction of sp³-hybridized carbons (Fsp3) is 0. The molecule has 0 aliphatic rings. The average Bonchev–Trinajstić information content (AvgIpc) is 1.90. The van der Waals surface area contributed by atoms with Gasteiger partial charge in [-0.15, -0.1) is 0 Å². The summed E-state index contributed by atoms with van der Waals surface area (Å²) < 4.78 is 1.47. The van der Waals surface area contributed by atoms with Gasteiger partial charge in [0.1, 0.15) is 0 Å². The number of hydrogen-bond donors (Lipinski definition) is 0. The van der Waals surface area contributed by atoms with Gasteiger partial charge in [0.2, 0.25) is 0 Å². The van der Waals surface area contributed by atoms with E-state index in [0.29, 0.717) is 14.8 Å². The van der Waals surface area contributed by atoms with Crippen molar-refractivity contribution in [3.63, 3.8) is 0 Å². The van der Waals surface area contributed by atoms with Crippen LogP contribution in [0.15, 0.2) is 30.3 Å². The molecule has 0 N–H and O–H groups in total. The van der Waals surface area contributed by atoms with Crippen molar-refractivity contribution >= 4 is 25.9 Å². The van der Waals surface area contributed by atoms with Crippen LogP contribution in [0.1, 0.15) is 0 Å². The van der Waals surface area contributed by atoms with Gasteiger partial charge in [-0.05, 0) is 0 Å². The molecule has 1 aromatic carbocycles. The summed E-state index contributed by atoms with van der Waals surface area (Å²) in [7, 11) is 0. The molecule has 0 fully saturated rings. The molecule has 0 aromatic heterocycles. The van der Waals surface area contributed by atoms with Gasteiger partial charge in [-0.1, -0.05) is 0 Å². The third kappa shape index (κ3) is 1.39. The van der Waals surface area contributed by atoms with Crippen LogP contribution in [-0.2, 0) is 0 Å². The van der Waals surface area contributed by atoms with Gasteiger partial charge in [0.15, 0.2) is 0 Å². The molecule has 1 rings (SSSR count). The van der Waals surface area contributed by atoms with Gasteiger partial charge in [0.05, 0.1) is 0 Å². The first-order valence-electron chi connectivity index (χ1n) is 2.52. The zero-order valence-electron chi connectivity index (χ0n) is 4.79. The van der Waals surface area contributed by atoms with Gasteiger partial charge in [-0.25, -0.2) is 0 Å². The molecule has 0 unspecified atom stereocenters. The molecule has 8 heavy (non-hydrogen) atoms. The van der Waals surface area contributed by atoms with Gasteiger partial charge >= 0.3 is 56.2 Å². The Bertz CT molecular complexity index is 150.